The van der Waals surface area contributed by atoms with Crippen LogP contribution in [0.5, 0.6) is 0 Å². The topological polar surface area (TPSA) is 54.4 Å². The molecule has 0 fully saturated rings. The van der Waals surface area contributed by atoms with Crippen molar-refractivity contribution < 1.29 is 14.7 Å². The van der Waals surface area contributed by atoms with Gasteiger partial charge in [-0.3, -0.25) is 4.79 Å². The lowest BCUT2D eigenvalue weighted by Gasteiger charge is -2.08. The normalized spacial score (nSPS) is 10.2. The number of aromatic carboxylic acids is 1. The molecule has 96 valence electrons. The highest BCUT2D eigenvalue weighted by Gasteiger charge is 2.21. The van der Waals surface area contributed by atoms with E-state index < -0.39 is 11.8 Å². The minimum Gasteiger partial charge on any atom is -0.478 e. The SMILES string of the molecule is O=C(c1ccccc1Cl)c1cccc(Cl)c1C(=O)O. The average molecular weight is 295 g/mol. The number of carbonyl (C=O) groups excluding carboxylic acids is 1. The molecule has 2 rings (SSSR count). The Bertz CT molecular complexity index is 665. The van der Waals surface area contributed by atoms with Gasteiger partial charge >= 0.3 is 5.97 Å². The van der Waals surface area contributed by atoms with Gasteiger partial charge in [0.2, 0.25) is 0 Å². The van der Waals surface area contributed by atoms with Gasteiger partial charge in [-0.05, 0) is 18.2 Å². The van der Waals surface area contributed by atoms with Crippen LogP contribution >= 0.6 is 23.2 Å². The third-order valence-electron chi connectivity index (χ3n) is 2.59. The van der Waals surface area contributed by atoms with E-state index in [2.05, 4.69) is 0 Å². The molecule has 0 aliphatic carbocycles. The van der Waals surface area contributed by atoms with Gasteiger partial charge in [-0.2, -0.15) is 0 Å². The first-order valence-corrected chi connectivity index (χ1v) is 6.09. The summed E-state index contributed by atoms with van der Waals surface area (Å²) in [5, 5.41) is 9.43. The fourth-order valence-electron chi connectivity index (χ4n) is 1.72. The van der Waals surface area contributed by atoms with E-state index in [9.17, 15) is 9.59 Å². The molecule has 0 aromatic heterocycles. The summed E-state index contributed by atoms with van der Waals surface area (Å²) in [6.07, 6.45) is 0. The van der Waals surface area contributed by atoms with E-state index in [1.54, 1.807) is 18.2 Å². The van der Waals surface area contributed by atoms with Gasteiger partial charge in [0.15, 0.2) is 5.78 Å². The number of hydrogen-bond donors (Lipinski definition) is 1. The van der Waals surface area contributed by atoms with Crippen LogP contribution in [0, 0.1) is 0 Å². The van der Waals surface area contributed by atoms with Gasteiger partial charge in [0.25, 0.3) is 0 Å². The monoisotopic (exact) mass is 294 g/mol. The van der Waals surface area contributed by atoms with Crippen LogP contribution in [-0.4, -0.2) is 16.9 Å². The summed E-state index contributed by atoms with van der Waals surface area (Å²) in [5.74, 6) is -1.72. The molecule has 0 radical (unpaired) electrons. The van der Waals surface area contributed by atoms with Gasteiger partial charge in [-0.1, -0.05) is 47.5 Å². The third kappa shape index (κ3) is 2.62. The van der Waals surface area contributed by atoms with E-state index in [0.29, 0.717) is 0 Å². The minimum atomic E-state index is -1.25. The number of ketones is 1. The molecule has 0 aliphatic heterocycles. The van der Waals surface area contributed by atoms with E-state index in [4.69, 9.17) is 28.3 Å². The number of carboxylic acids is 1. The number of rotatable bonds is 3. The number of carboxylic acid groups (broad SMARTS) is 1. The van der Waals surface area contributed by atoms with Crippen molar-refractivity contribution in [1.82, 2.24) is 0 Å². The summed E-state index contributed by atoms with van der Waals surface area (Å²) in [6, 6.07) is 10.8. The largest absolute Gasteiger partial charge is 0.478 e. The highest BCUT2D eigenvalue weighted by Crippen LogP contribution is 2.25. The van der Waals surface area contributed by atoms with Crippen molar-refractivity contribution in [2.24, 2.45) is 0 Å². The predicted octanol–water partition coefficient (Wildman–Crippen LogP) is 3.92. The van der Waals surface area contributed by atoms with Crippen LogP contribution in [0.15, 0.2) is 42.5 Å². The van der Waals surface area contributed by atoms with E-state index in [1.807, 2.05) is 0 Å². The summed E-state index contributed by atoms with van der Waals surface area (Å²) in [6.45, 7) is 0. The van der Waals surface area contributed by atoms with E-state index >= 15 is 0 Å². The first-order valence-electron chi connectivity index (χ1n) is 5.33. The maximum absolute atomic E-state index is 12.3. The molecule has 0 amide bonds. The fraction of sp³-hybridized carbons (Fsp3) is 0. The molecule has 0 unspecified atom stereocenters. The van der Waals surface area contributed by atoms with Crippen molar-refractivity contribution in [3.63, 3.8) is 0 Å². The van der Waals surface area contributed by atoms with Crippen LogP contribution in [0.25, 0.3) is 0 Å². The molecule has 0 bridgehead atoms. The predicted molar refractivity (Wildman–Crippen MR) is 73.3 cm³/mol. The first kappa shape index (κ1) is 13.6. The smallest absolute Gasteiger partial charge is 0.337 e. The second-order valence-corrected chi connectivity index (χ2v) is 4.59. The van der Waals surface area contributed by atoms with E-state index in [-0.39, 0.29) is 26.7 Å². The summed E-state index contributed by atoms with van der Waals surface area (Å²) in [5.41, 5.74) is 0.0520. The lowest BCUT2D eigenvalue weighted by Crippen LogP contribution is -2.10. The average Bonchev–Trinajstić information content (AvgIpc) is 2.37. The molecule has 19 heavy (non-hydrogen) atoms. The van der Waals surface area contributed by atoms with Crippen molar-refractivity contribution in [2.45, 2.75) is 0 Å². The van der Waals surface area contributed by atoms with Gasteiger partial charge in [-0.25, -0.2) is 4.79 Å². The Morgan fingerprint density at radius 3 is 2.05 bits per heavy atom. The zero-order valence-electron chi connectivity index (χ0n) is 9.56. The summed E-state index contributed by atoms with van der Waals surface area (Å²) >= 11 is 11.8. The minimum absolute atomic E-state index is 0.0189. The van der Waals surface area contributed by atoms with Crippen LogP contribution < -0.4 is 0 Å². The fourth-order valence-corrected chi connectivity index (χ4v) is 2.20. The second kappa shape index (κ2) is 5.43. The Balaban J connectivity index is 2.60. The first-order chi connectivity index (χ1) is 9.02. The van der Waals surface area contributed by atoms with Crippen LogP contribution in [0.3, 0.4) is 0 Å². The van der Waals surface area contributed by atoms with Crippen molar-refractivity contribution >= 4 is 35.0 Å². The van der Waals surface area contributed by atoms with Gasteiger partial charge in [-0.15, -0.1) is 0 Å². The lowest BCUT2D eigenvalue weighted by atomic mass is 9.98. The molecule has 3 nitrogen and oxygen atoms in total. The van der Waals surface area contributed by atoms with Gasteiger partial charge < -0.3 is 5.11 Å². The van der Waals surface area contributed by atoms with E-state index in [0.717, 1.165) is 0 Å². The summed E-state index contributed by atoms with van der Waals surface area (Å²) < 4.78 is 0. The molecule has 0 spiro atoms. The lowest BCUT2D eigenvalue weighted by molar-refractivity contribution is 0.0693. The van der Waals surface area contributed by atoms with Crippen LogP contribution in [0.4, 0.5) is 0 Å². The second-order valence-electron chi connectivity index (χ2n) is 3.78. The van der Waals surface area contributed by atoms with Gasteiger partial charge in [0, 0.05) is 11.1 Å². The maximum Gasteiger partial charge on any atom is 0.337 e. The highest BCUT2D eigenvalue weighted by atomic mass is 35.5. The molecule has 5 heteroatoms. The summed E-state index contributed by atoms with van der Waals surface area (Å²) in [4.78, 5) is 23.5. The van der Waals surface area contributed by atoms with Crippen LogP contribution in [-0.2, 0) is 0 Å². The Morgan fingerprint density at radius 2 is 1.42 bits per heavy atom. The van der Waals surface area contributed by atoms with Crippen molar-refractivity contribution in [3.05, 3.63) is 69.2 Å². The summed E-state index contributed by atoms with van der Waals surface area (Å²) in [7, 11) is 0. The quantitative estimate of drug-likeness (QED) is 0.873. The highest BCUT2D eigenvalue weighted by molar-refractivity contribution is 6.37. The third-order valence-corrected chi connectivity index (χ3v) is 3.24. The van der Waals surface area contributed by atoms with Gasteiger partial charge in [0.1, 0.15) is 0 Å². The molecule has 0 saturated carbocycles. The Labute approximate surface area is 119 Å². The standard InChI is InChI=1S/C14H8Cl2O3/c15-10-6-2-1-4-8(10)13(17)9-5-3-7-11(16)12(9)14(18)19/h1-7H,(H,18,19). The van der Waals surface area contributed by atoms with Gasteiger partial charge in [0.05, 0.1) is 15.6 Å². The Hall–Kier alpha value is -1.84. The molecule has 2 aromatic rings. The molecule has 0 heterocycles. The number of hydrogen-bond acceptors (Lipinski definition) is 2. The molecule has 0 atom stereocenters. The van der Waals surface area contributed by atoms with Crippen LogP contribution in [0.2, 0.25) is 10.0 Å². The molecule has 0 aliphatic rings. The number of carbonyl (C=O) groups is 2. The molecule has 0 saturated heterocycles. The molecular weight excluding hydrogens is 287 g/mol. The zero-order valence-corrected chi connectivity index (χ0v) is 11.1. The maximum atomic E-state index is 12.3. The Kier molecular flexibility index (Phi) is 3.88. The molecule has 1 N–H and O–H groups in total. The van der Waals surface area contributed by atoms with Crippen molar-refractivity contribution in [2.75, 3.05) is 0 Å². The van der Waals surface area contributed by atoms with Crippen molar-refractivity contribution in [1.29, 1.82) is 0 Å². The van der Waals surface area contributed by atoms with Crippen LogP contribution in [0.1, 0.15) is 26.3 Å². The van der Waals surface area contributed by atoms with E-state index in [1.165, 1.54) is 24.3 Å². The van der Waals surface area contributed by atoms with Crippen molar-refractivity contribution in [3.8, 4) is 0 Å². The number of benzene rings is 2. The zero-order chi connectivity index (χ0) is 14.0. The Morgan fingerprint density at radius 1 is 0.842 bits per heavy atom. The number of halogens is 2. The molecular formula is C14H8Cl2O3. The molecule has 2 aromatic carbocycles.